The summed E-state index contributed by atoms with van der Waals surface area (Å²) in [5.41, 5.74) is 2.01. The molecule has 0 unspecified atom stereocenters. The van der Waals surface area contributed by atoms with Crippen LogP contribution < -0.4 is 4.74 Å². The number of ether oxygens (including phenoxy) is 2. The van der Waals surface area contributed by atoms with Crippen LogP contribution in [0.1, 0.15) is 26.5 Å². The Kier molecular flexibility index (Phi) is 3.89. The molecule has 0 bridgehead atoms. The summed E-state index contributed by atoms with van der Waals surface area (Å²) in [4.78, 5) is 24.2. The van der Waals surface area contributed by atoms with Crippen molar-refractivity contribution < 1.29 is 19.1 Å². The smallest absolute Gasteiger partial charge is 0.358 e. The van der Waals surface area contributed by atoms with Crippen LogP contribution in [0.25, 0.3) is 5.69 Å². The summed E-state index contributed by atoms with van der Waals surface area (Å²) in [6.45, 7) is 0. The highest BCUT2D eigenvalue weighted by molar-refractivity contribution is 8.14. The first kappa shape index (κ1) is 14.6. The second kappa shape index (κ2) is 5.84. The fourth-order valence-electron chi connectivity index (χ4n) is 2.38. The van der Waals surface area contributed by atoms with Crippen LogP contribution >= 0.6 is 11.8 Å². The third-order valence-electron chi connectivity index (χ3n) is 3.46. The molecule has 1 aromatic carbocycles. The van der Waals surface area contributed by atoms with Crippen molar-refractivity contribution in [2.45, 2.75) is 6.42 Å². The maximum atomic E-state index is 12.3. The summed E-state index contributed by atoms with van der Waals surface area (Å²) in [5.74, 6) is 0.825. The van der Waals surface area contributed by atoms with E-state index in [2.05, 4.69) is 5.10 Å². The number of rotatable bonds is 3. The maximum absolute atomic E-state index is 12.3. The lowest BCUT2D eigenvalue weighted by atomic mass is 10.1. The van der Waals surface area contributed by atoms with Crippen LogP contribution in [0, 0.1) is 0 Å². The molecule has 1 aliphatic heterocycles. The van der Waals surface area contributed by atoms with Crippen molar-refractivity contribution in [2.75, 3.05) is 20.0 Å². The van der Waals surface area contributed by atoms with Crippen molar-refractivity contribution in [3.63, 3.8) is 0 Å². The summed E-state index contributed by atoms with van der Waals surface area (Å²) >= 11 is 1.23. The minimum absolute atomic E-state index is 0.0836. The molecule has 0 atom stereocenters. The Morgan fingerprint density at radius 1 is 1.27 bits per heavy atom. The Balaban J connectivity index is 2.16. The van der Waals surface area contributed by atoms with E-state index in [9.17, 15) is 9.59 Å². The second-order valence-electron chi connectivity index (χ2n) is 4.66. The molecule has 0 spiro atoms. The number of fused-ring (bicyclic) bond motifs is 1. The fraction of sp³-hybridized carbons (Fsp3) is 0.267. The van der Waals surface area contributed by atoms with Gasteiger partial charge in [-0.3, -0.25) is 4.79 Å². The Morgan fingerprint density at radius 3 is 2.64 bits per heavy atom. The number of carbonyl (C=O) groups excluding carboxylic acids is 2. The highest BCUT2D eigenvalue weighted by atomic mass is 32.2. The molecule has 0 amide bonds. The highest BCUT2D eigenvalue weighted by Crippen LogP contribution is 2.30. The third-order valence-corrected chi connectivity index (χ3v) is 4.32. The first-order valence-electron chi connectivity index (χ1n) is 6.67. The molecule has 0 saturated carbocycles. The zero-order chi connectivity index (χ0) is 15.7. The molecule has 3 rings (SSSR count). The largest absolute Gasteiger partial charge is 0.497 e. The van der Waals surface area contributed by atoms with Crippen molar-refractivity contribution in [2.24, 2.45) is 0 Å². The van der Waals surface area contributed by atoms with Gasteiger partial charge < -0.3 is 9.47 Å². The van der Waals surface area contributed by atoms with Gasteiger partial charge in [0.15, 0.2) is 5.69 Å². The molecule has 0 fully saturated rings. The van der Waals surface area contributed by atoms with Gasteiger partial charge in [0.05, 0.1) is 19.9 Å². The lowest BCUT2D eigenvalue weighted by Crippen LogP contribution is -2.14. The Bertz CT molecular complexity index is 737. The maximum Gasteiger partial charge on any atom is 0.358 e. The summed E-state index contributed by atoms with van der Waals surface area (Å²) in [6, 6.07) is 7.14. The van der Waals surface area contributed by atoms with Crippen LogP contribution in [0.4, 0.5) is 0 Å². The lowest BCUT2D eigenvalue weighted by Gasteiger charge is -2.12. The Morgan fingerprint density at radius 2 is 2.00 bits per heavy atom. The van der Waals surface area contributed by atoms with E-state index in [0.717, 1.165) is 0 Å². The number of aromatic nitrogens is 2. The zero-order valence-corrected chi connectivity index (χ0v) is 13.0. The van der Waals surface area contributed by atoms with Gasteiger partial charge in [-0.2, -0.15) is 5.10 Å². The predicted molar refractivity (Wildman–Crippen MR) is 81.9 cm³/mol. The molecular weight excluding hydrogens is 304 g/mol. The van der Waals surface area contributed by atoms with E-state index < -0.39 is 5.97 Å². The van der Waals surface area contributed by atoms with Gasteiger partial charge in [-0.1, -0.05) is 11.8 Å². The lowest BCUT2D eigenvalue weighted by molar-refractivity contribution is 0.0592. The predicted octanol–water partition coefficient (Wildman–Crippen LogP) is 2.10. The van der Waals surface area contributed by atoms with Gasteiger partial charge in [0.1, 0.15) is 11.4 Å². The minimum atomic E-state index is -0.525. The van der Waals surface area contributed by atoms with Gasteiger partial charge in [-0.25, -0.2) is 9.48 Å². The van der Waals surface area contributed by atoms with Crippen LogP contribution in [0.5, 0.6) is 5.75 Å². The first-order valence-corrected chi connectivity index (χ1v) is 7.66. The van der Waals surface area contributed by atoms with Crippen LogP contribution in [-0.2, 0) is 11.2 Å². The Hall–Kier alpha value is -2.28. The number of nitrogens with zero attached hydrogens (tertiary/aromatic N) is 2. The summed E-state index contributed by atoms with van der Waals surface area (Å²) < 4.78 is 11.4. The molecule has 7 heteroatoms. The van der Waals surface area contributed by atoms with Crippen molar-refractivity contribution in [1.29, 1.82) is 0 Å². The fourth-order valence-corrected chi connectivity index (χ4v) is 3.22. The minimum Gasteiger partial charge on any atom is -0.497 e. The standard InChI is InChI=1S/C15H14N2O4S/c1-20-10-5-3-9(4-6-10)17-13-11(7-8-22-15(13)19)12(16-17)14(18)21-2/h3-6H,7-8H2,1-2H3. The van der Waals surface area contributed by atoms with E-state index in [1.807, 2.05) is 0 Å². The number of hydrogen-bond donors (Lipinski definition) is 0. The van der Waals surface area contributed by atoms with E-state index in [1.165, 1.54) is 23.6 Å². The average Bonchev–Trinajstić information content (AvgIpc) is 2.95. The summed E-state index contributed by atoms with van der Waals surface area (Å²) in [7, 11) is 2.89. The normalized spacial score (nSPS) is 13.6. The van der Waals surface area contributed by atoms with Crippen LogP contribution in [0.3, 0.4) is 0 Å². The van der Waals surface area contributed by atoms with Gasteiger partial charge in [0.25, 0.3) is 0 Å². The molecule has 6 nitrogen and oxygen atoms in total. The molecular formula is C15H14N2O4S. The summed E-state index contributed by atoms with van der Waals surface area (Å²) in [6.07, 6.45) is 0.617. The SMILES string of the molecule is COC(=O)c1nn(-c2ccc(OC)cc2)c2c1CCSC2=O. The molecule has 1 aliphatic rings. The van der Waals surface area contributed by atoms with Gasteiger partial charge in [-0.05, 0) is 30.7 Å². The van der Waals surface area contributed by atoms with E-state index in [4.69, 9.17) is 9.47 Å². The topological polar surface area (TPSA) is 70.4 Å². The van der Waals surface area contributed by atoms with Crippen LogP contribution in [-0.4, -0.2) is 40.8 Å². The van der Waals surface area contributed by atoms with Gasteiger partial charge in [0.2, 0.25) is 5.12 Å². The van der Waals surface area contributed by atoms with Crippen molar-refractivity contribution in [3.8, 4) is 11.4 Å². The molecule has 114 valence electrons. The van der Waals surface area contributed by atoms with E-state index in [-0.39, 0.29) is 10.8 Å². The average molecular weight is 318 g/mol. The highest BCUT2D eigenvalue weighted by Gasteiger charge is 2.31. The molecule has 0 aliphatic carbocycles. The second-order valence-corrected chi connectivity index (χ2v) is 5.73. The first-order chi connectivity index (χ1) is 10.7. The number of carbonyl (C=O) groups is 2. The van der Waals surface area contributed by atoms with Crippen molar-refractivity contribution in [3.05, 3.63) is 41.2 Å². The van der Waals surface area contributed by atoms with Crippen LogP contribution in [0.15, 0.2) is 24.3 Å². The number of esters is 1. The van der Waals surface area contributed by atoms with E-state index in [0.29, 0.717) is 34.9 Å². The van der Waals surface area contributed by atoms with E-state index >= 15 is 0 Å². The molecule has 0 N–H and O–H groups in total. The van der Waals surface area contributed by atoms with Crippen molar-refractivity contribution in [1.82, 2.24) is 9.78 Å². The third kappa shape index (κ3) is 2.37. The molecule has 2 heterocycles. The van der Waals surface area contributed by atoms with Crippen molar-refractivity contribution >= 4 is 22.8 Å². The monoisotopic (exact) mass is 318 g/mol. The van der Waals surface area contributed by atoms with Crippen LogP contribution in [0.2, 0.25) is 0 Å². The van der Waals surface area contributed by atoms with Gasteiger partial charge in [0, 0.05) is 11.3 Å². The molecule has 0 radical (unpaired) electrons. The van der Waals surface area contributed by atoms with E-state index in [1.54, 1.807) is 31.4 Å². The number of methoxy groups -OCH3 is 2. The van der Waals surface area contributed by atoms with Gasteiger partial charge in [-0.15, -0.1) is 0 Å². The quantitative estimate of drug-likeness (QED) is 0.807. The van der Waals surface area contributed by atoms with Gasteiger partial charge >= 0.3 is 5.97 Å². The number of thioether (sulfide) groups is 1. The molecule has 0 saturated heterocycles. The molecule has 22 heavy (non-hydrogen) atoms. The summed E-state index contributed by atoms with van der Waals surface area (Å²) in [5, 5.41) is 4.22. The molecule has 2 aromatic rings. The zero-order valence-electron chi connectivity index (χ0n) is 12.2. The molecule has 1 aromatic heterocycles. The number of benzene rings is 1. The Labute approximate surface area is 131 Å². The number of hydrogen-bond acceptors (Lipinski definition) is 6.